The molecule has 0 bridgehead atoms. The Morgan fingerprint density at radius 2 is 1.78 bits per heavy atom. The minimum Gasteiger partial charge on any atom is -0.383 e. The van der Waals surface area contributed by atoms with Crippen LogP contribution < -0.4 is 10.6 Å². The highest BCUT2D eigenvalue weighted by atomic mass is 19.4. The number of alkyl halides is 3. The normalized spacial score (nSPS) is 21.7. The number of pyridine rings is 1. The van der Waals surface area contributed by atoms with Crippen LogP contribution in [0.3, 0.4) is 0 Å². The largest absolute Gasteiger partial charge is 0.416 e. The predicted molar refractivity (Wildman–Crippen MR) is 162 cm³/mol. The molecule has 45 heavy (non-hydrogen) atoms. The fourth-order valence-corrected chi connectivity index (χ4v) is 6.71. The lowest BCUT2D eigenvalue weighted by atomic mass is 9.94. The Labute approximate surface area is 260 Å². The number of fused-ring (bicyclic) bond motifs is 1. The van der Waals surface area contributed by atoms with Crippen molar-refractivity contribution in [3.8, 4) is 6.07 Å². The second-order valence-electron chi connectivity index (χ2n) is 11.7. The number of anilines is 1. The maximum absolute atomic E-state index is 14.4. The number of nitrogens with zero attached hydrogens (tertiary/aromatic N) is 7. The summed E-state index contributed by atoms with van der Waals surface area (Å²) in [4.78, 5) is 42.3. The Bertz CT molecular complexity index is 1640. The summed E-state index contributed by atoms with van der Waals surface area (Å²) in [6.45, 7) is 5.73. The molecule has 0 N–H and O–H groups in total. The summed E-state index contributed by atoms with van der Waals surface area (Å²) in [5.41, 5.74) is 0.456. The van der Waals surface area contributed by atoms with Crippen LogP contribution in [0.5, 0.6) is 0 Å². The number of piperazine rings is 1. The van der Waals surface area contributed by atoms with Gasteiger partial charge < -0.3 is 14.5 Å². The van der Waals surface area contributed by atoms with Crippen LogP contribution in [0.2, 0.25) is 0 Å². The third-order valence-electron chi connectivity index (χ3n) is 9.14. The highest BCUT2D eigenvalue weighted by molar-refractivity contribution is 5.87. The molecule has 2 fully saturated rings. The Hall–Kier alpha value is -4.02. The molecule has 5 rings (SSSR count). The monoisotopic (exact) mass is 625 g/mol. The first-order chi connectivity index (χ1) is 21.5. The third-order valence-corrected chi connectivity index (χ3v) is 9.14. The highest BCUT2D eigenvalue weighted by Gasteiger charge is 2.44. The van der Waals surface area contributed by atoms with Crippen LogP contribution in [0, 0.1) is 11.3 Å². The van der Waals surface area contributed by atoms with Crippen molar-refractivity contribution in [1.29, 1.82) is 5.26 Å². The van der Waals surface area contributed by atoms with E-state index in [1.807, 2.05) is 23.6 Å². The summed E-state index contributed by atoms with van der Waals surface area (Å²) in [6, 6.07) is 8.86. The molecule has 240 valence electrons. The molecule has 2 saturated heterocycles. The van der Waals surface area contributed by atoms with E-state index < -0.39 is 23.5 Å². The van der Waals surface area contributed by atoms with Crippen LogP contribution in [0.1, 0.15) is 62.4 Å². The molecule has 0 saturated carbocycles. The summed E-state index contributed by atoms with van der Waals surface area (Å²) in [5.74, 6) is 0.223. The van der Waals surface area contributed by atoms with Gasteiger partial charge >= 0.3 is 11.9 Å². The predicted octanol–water partition coefficient (Wildman–Crippen LogP) is 4.28. The van der Waals surface area contributed by atoms with E-state index >= 15 is 0 Å². The molecule has 2 aromatic heterocycles. The van der Waals surface area contributed by atoms with Crippen molar-refractivity contribution in [3.63, 3.8) is 0 Å². The molecular weight excluding hydrogens is 587 g/mol. The Kier molecular flexibility index (Phi) is 9.46. The second kappa shape index (κ2) is 13.1. The minimum absolute atomic E-state index is 0.112. The summed E-state index contributed by atoms with van der Waals surface area (Å²) < 4.78 is 47.3. The maximum Gasteiger partial charge on any atom is 0.416 e. The molecule has 13 heteroatoms. The first kappa shape index (κ1) is 32.4. The van der Waals surface area contributed by atoms with Crippen LogP contribution in [0.4, 0.5) is 19.0 Å². The Morgan fingerprint density at radius 1 is 1.07 bits per heavy atom. The molecular formula is C32H38F3N7O3. The Balaban J connectivity index is 1.58. The third kappa shape index (κ3) is 6.26. The van der Waals surface area contributed by atoms with Crippen molar-refractivity contribution < 1.29 is 22.7 Å². The van der Waals surface area contributed by atoms with Crippen molar-refractivity contribution in [2.75, 3.05) is 38.3 Å². The second-order valence-corrected chi connectivity index (χ2v) is 11.7. The van der Waals surface area contributed by atoms with Crippen molar-refractivity contribution in [1.82, 2.24) is 24.3 Å². The van der Waals surface area contributed by atoms with Gasteiger partial charge in [0.25, 0.3) is 0 Å². The lowest BCUT2D eigenvalue weighted by molar-refractivity contribution is -0.140. The molecule has 0 spiro atoms. The zero-order valence-electron chi connectivity index (χ0n) is 25.9. The number of aromatic nitrogens is 3. The zero-order chi connectivity index (χ0) is 32.5. The molecule has 1 aromatic carbocycles. The fraction of sp³-hybridized carbons (Fsp3) is 0.531. The van der Waals surface area contributed by atoms with Crippen molar-refractivity contribution in [2.24, 2.45) is 7.05 Å². The van der Waals surface area contributed by atoms with Gasteiger partial charge in [0, 0.05) is 45.9 Å². The number of likely N-dealkylation sites (tertiary alicyclic amines) is 1. The SMILES string of the molecule is CC[C@H]1CN(C(C(=O)N2CCC[C@H]2COC)c2ccc(C(F)(F)F)cc2)[C@H](CC)CN1c1nc(=O)n(C)c2ccc(C#N)nc12. The van der Waals surface area contributed by atoms with Crippen LogP contribution in [0.15, 0.2) is 41.2 Å². The van der Waals surface area contributed by atoms with E-state index in [1.165, 1.54) is 16.7 Å². The van der Waals surface area contributed by atoms with Crippen molar-refractivity contribution in [2.45, 2.75) is 69.9 Å². The van der Waals surface area contributed by atoms with E-state index in [1.54, 1.807) is 26.3 Å². The van der Waals surface area contributed by atoms with Crippen LogP contribution in [-0.2, 0) is 22.8 Å². The Morgan fingerprint density at radius 3 is 2.40 bits per heavy atom. The maximum atomic E-state index is 14.4. The number of nitriles is 1. The van der Waals surface area contributed by atoms with Gasteiger partial charge in [-0.2, -0.15) is 23.4 Å². The summed E-state index contributed by atoms with van der Waals surface area (Å²) >= 11 is 0. The number of aryl methyl sites for hydroxylation is 1. The van der Waals surface area contributed by atoms with Crippen LogP contribution >= 0.6 is 0 Å². The van der Waals surface area contributed by atoms with Gasteiger partial charge in [-0.05, 0) is 55.5 Å². The van der Waals surface area contributed by atoms with Crippen molar-refractivity contribution >= 4 is 22.8 Å². The van der Waals surface area contributed by atoms with E-state index in [0.717, 1.165) is 25.0 Å². The van der Waals surface area contributed by atoms with E-state index in [4.69, 9.17) is 4.74 Å². The number of carbonyl (C=O) groups is 1. The minimum atomic E-state index is -4.50. The summed E-state index contributed by atoms with van der Waals surface area (Å²) in [6.07, 6.45) is -1.63. The average Bonchev–Trinajstić information content (AvgIpc) is 3.50. The lowest BCUT2D eigenvalue weighted by Gasteiger charge is -2.50. The van der Waals surface area contributed by atoms with Gasteiger partial charge in [0.05, 0.1) is 23.7 Å². The lowest BCUT2D eigenvalue weighted by Crippen LogP contribution is -2.61. The first-order valence-corrected chi connectivity index (χ1v) is 15.3. The number of benzene rings is 1. The van der Waals surface area contributed by atoms with Gasteiger partial charge in [0.15, 0.2) is 5.82 Å². The number of hydrogen-bond donors (Lipinski definition) is 0. The number of hydrogen-bond acceptors (Lipinski definition) is 8. The van der Waals surface area contributed by atoms with Gasteiger partial charge in [-0.25, -0.2) is 9.78 Å². The number of rotatable bonds is 8. The number of amides is 1. The topological polar surface area (TPSA) is 108 Å². The summed E-state index contributed by atoms with van der Waals surface area (Å²) in [5, 5.41) is 9.53. The first-order valence-electron chi connectivity index (χ1n) is 15.3. The molecule has 1 unspecified atom stereocenters. The fourth-order valence-electron chi connectivity index (χ4n) is 6.71. The van der Waals surface area contributed by atoms with Gasteiger partial charge in [-0.1, -0.05) is 26.0 Å². The van der Waals surface area contributed by atoms with E-state index in [2.05, 4.69) is 20.9 Å². The van der Waals surface area contributed by atoms with Gasteiger partial charge in [-0.3, -0.25) is 14.3 Å². The average molecular weight is 626 g/mol. The number of halogens is 3. The van der Waals surface area contributed by atoms with Gasteiger partial charge in [0.2, 0.25) is 5.91 Å². The molecule has 1 amide bonds. The zero-order valence-corrected chi connectivity index (χ0v) is 25.9. The smallest absolute Gasteiger partial charge is 0.383 e. The molecule has 2 aliphatic heterocycles. The van der Waals surface area contributed by atoms with Gasteiger partial charge in [0.1, 0.15) is 23.3 Å². The van der Waals surface area contributed by atoms with Crippen LogP contribution in [0.25, 0.3) is 11.0 Å². The van der Waals surface area contributed by atoms with E-state index in [0.29, 0.717) is 61.5 Å². The summed E-state index contributed by atoms with van der Waals surface area (Å²) in [7, 11) is 3.20. The molecule has 4 atom stereocenters. The quantitative estimate of drug-likeness (QED) is 0.365. The van der Waals surface area contributed by atoms with Crippen LogP contribution in [-0.4, -0.2) is 81.7 Å². The van der Waals surface area contributed by atoms with Gasteiger partial charge in [-0.15, -0.1) is 0 Å². The molecule has 0 radical (unpaired) electrons. The number of ether oxygens (including phenoxy) is 1. The molecule has 4 heterocycles. The number of carbonyl (C=O) groups excluding carboxylic acids is 1. The standard InChI is InChI=1S/C32H38F3N7O3/c1-5-23-18-42(29-27-26(39(3)31(44)38-29)14-13-22(16-36)37-27)24(6-2)17-41(23)28(20-9-11-21(12-10-20)32(33,34)35)30(43)40-15-7-8-25(40)19-45-4/h9-14,23-25,28H,5-8,15,17-19H2,1-4H3/t23-,24+,25+,28?/m1/s1. The molecule has 10 nitrogen and oxygen atoms in total. The van der Waals surface area contributed by atoms with E-state index in [-0.39, 0.29) is 29.7 Å². The van der Waals surface area contributed by atoms with Crippen molar-refractivity contribution in [3.05, 3.63) is 63.7 Å². The number of methoxy groups -OCH3 is 1. The molecule has 3 aromatic rings. The van der Waals surface area contributed by atoms with E-state index in [9.17, 15) is 28.0 Å². The molecule has 2 aliphatic rings. The molecule has 0 aliphatic carbocycles. The highest BCUT2D eigenvalue weighted by Crippen LogP contribution is 2.37.